The summed E-state index contributed by atoms with van der Waals surface area (Å²) in [5, 5.41) is 5.30. The number of ether oxygens (including phenoxy) is 1. The van der Waals surface area contributed by atoms with E-state index in [4.69, 9.17) is 4.74 Å². The van der Waals surface area contributed by atoms with Crippen LogP contribution >= 0.6 is 12.6 Å². The van der Waals surface area contributed by atoms with Crippen LogP contribution in [-0.2, 0) is 14.3 Å². The zero-order valence-corrected chi connectivity index (χ0v) is 12.4. The smallest absolute Gasteiger partial charge is 0.243 e. The van der Waals surface area contributed by atoms with Crippen molar-refractivity contribution in [3.8, 4) is 0 Å². The molecule has 0 spiro atoms. The summed E-state index contributed by atoms with van der Waals surface area (Å²) < 4.78 is 5.71. The first-order chi connectivity index (χ1) is 9.13. The Balaban J connectivity index is 2.13. The molecule has 0 aromatic carbocycles. The van der Waals surface area contributed by atoms with Crippen molar-refractivity contribution in [2.45, 2.75) is 51.2 Å². The fourth-order valence-corrected chi connectivity index (χ4v) is 2.45. The Kier molecular flexibility index (Phi) is 7.90. The number of hydrogen-bond donors (Lipinski definition) is 3. The zero-order chi connectivity index (χ0) is 14.1. The second-order valence-electron chi connectivity index (χ2n) is 4.86. The molecule has 0 saturated heterocycles. The normalized spacial score (nSPS) is 17.8. The van der Waals surface area contributed by atoms with E-state index < -0.39 is 6.04 Å². The van der Waals surface area contributed by atoms with Crippen molar-refractivity contribution in [1.29, 1.82) is 0 Å². The van der Waals surface area contributed by atoms with Crippen LogP contribution in [0.3, 0.4) is 0 Å². The maximum absolute atomic E-state index is 11.7. The molecule has 1 aliphatic carbocycles. The summed E-state index contributed by atoms with van der Waals surface area (Å²) in [5.41, 5.74) is 0. The highest BCUT2D eigenvalue weighted by molar-refractivity contribution is 7.80. The Morgan fingerprint density at radius 1 is 1.32 bits per heavy atom. The summed E-state index contributed by atoms with van der Waals surface area (Å²) in [4.78, 5) is 22.6. The van der Waals surface area contributed by atoms with Crippen LogP contribution < -0.4 is 10.6 Å². The van der Waals surface area contributed by atoms with Crippen LogP contribution in [0.25, 0.3) is 0 Å². The van der Waals surface area contributed by atoms with Gasteiger partial charge in [-0.25, -0.2) is 0 Å². The summed E-state index contributed by atoms with van der Waals surface area (Å²) in [6.07, 6.45) is 6.37. The predicted octanol–water partition coefficient (Wildman–Crippen LogP) is 0.886. The van der Waals surface area contributed by atoms with Gasteiger partial charge in [-0.2, -0.15) is 12.6 Å². The summed E-state index contributed by atoms with van der Waals surface area (Å²) in [7, 11) is 0. The van der Waals surface area contributed by atoms with Crippen LogP contribution in [0.1, 0.15) is 39.0 Å². The van der Waals surface area contributed by atoms with Crippen molar-refractivity contribution in [3.63, 3.8) is 0 Å². The number of nitrogens with one attached hydrogen (secondary N) is 2. The van der Waals surface area contributed by atoms with Gasteiger partial charge in [-0.1, -0.05) is 19.3 Å². The molecule has 0 aromatic heterocycles. The average molecular weight is 288 g/mol. The van der Waals surface area contributed by atoms with Crippen LogP contribution in [0, 0.1) is 0 Å². The molecular formula is C13H24N2O3S. The molecule has 0 aliphatic heterocycles. The lowest BCUT2D eigenvalue weighted by atomic mass is 9.98. The highest BCUT2D eigenvalue weighted by atomic mass is 32.1. The largest absolute Gasteiger partial charge is 0.376 e. The summed E-state index contributed by atoms with van der Waals surface area (Å²) in [6.45, 7) is 2.38. The topological polar surface area (TPSA) is 67.4 Å². The van der Waals surface area contributed by atoms with E-state index in [0.29, 0.717) is 19.3 Å². The summed E-state index contributed by atoms with van der Waals surface area (Å²) >= 11 is 4.05. The molecule has 1 unspecified atom stereocenters. The maximum Gasteiger partial charge on any atom is 0.243 e. The molecule has 0 aromatic rings. The molecule has 0 heterocycles. The van der Waals surface area contributed by atoms with Gasteiger partial charge in [0.2, 0.25) is 11.8 Å². The Morgan fingerprint density at radius 2 is 2.00 bits per heavy atom. The molecule has 1 atom stereocenters. The Hall–Kier alpha value is -0.750. The van der Waals surface area contributed by atoms with E-state index >= 15 is 0 Å². The van der Waals surface area contributed by atoms with E-state index in [1.54, 1.807) is 0 Å². The minimum atomic E-state index is -0.574. The first-order valence-corrected chi connectivity index (χ1v) is 7.54. The fourth-order valence-electron chi connectivity index (χ4n) is 2.19. The van der Waals surface area contributed by atoms with Gasteiger partial charge < -0.3 is 15.4 Å². The zero-order valence-electron chi connectivity index (χ0n) is 11.5. The standard InChI is InChI=1S/C13H24N2O3S/c1-10(16)15-12(9-19)13(17)14-7-8-18-11-5-3-2-4-6-11/h11-12,19H,2-9H2,1H3,(H,14,17)(H,15,16). The van der Waals surface area contributed by atoms with E-state index in [9.17, 15) is 9.59 Å². The van der Waals surface area contributed by atoms with Gasteiger partial charge >= 0.3 is 0 Å². The minimum absolute atomic E-state index is 0.211. The van der Waals surface area contributed by atoms with Crippen LogP contribution in [0.2, 0.25) is 0 Å². The molecule has 0 bridgehead atoms. The second-order valence-corrected chi connectivity index (χ2v) is 5.22. The maximum atomic E-state index is 11.7. The monoisotopic (exact) mass is 288 g/mol. The molecule has 1 fully saturated rings. The van der Waals surface area contributed by atoms with Crippen molar-refractivity contribution < 1.29 is 14.3 Å². The Bertz CT molecular complexity index is 294. The number of thiol groups is 1. The third kappa shape index (κ3) is 6.82. The highest BCUT2D eigenvalue weighted by Crippen LogP contribution is 2.19. The van der Waals surface area contributed by atoms with Gasteiger partial charge in [0.25, 0.3) is 0 Å². The summed E-state index contributed by atoms with van der Waals surface area (Å²) in [5.74, 6) is -0.153. The predicted molar refractivity (Wildman–Crippen MR) is 77.3 cm³/mol. The van der Waals surface area contributed by atoms with Crippen LogP contribution in [0.4, 0.5) is 0 Å². The van der Waals surface area contributed by atoms with Gasteiger partial charge in [0.05, 0.1) is 12.7 Å². The van der Waals surface area contributed by atoms with E-state index in [1.807, 2.05) is 0 Å². The van der Waals surface area contributed by atoms with Gasteiger partial charge in [0.15, 0.2) is 0 Å². The molecule has 5 nitrogen and oxygen atoms in total. The van der Waals surface area contributed by atoms with Crippen LogP contribution in [0.5, 0.6) is 0 Å². The number of carbonyl (C=O) groups is 2. The Morgan fingerprint density at radius 3 is 2.58 bits per heavy atom. The van der Waals surface area contributed by atoms with Crippen molar-refractivity contribution in [2.75, 3.05) is 18.9 Å². The number of carbonyl (C=O) groups excluding carboxylic acids is 2. The van der Waals surface area contributed by atoms with Crippen molar-refractivity contribution in [3.05, 3.63) is 0 Å². The molecule has 0 radical (unpaired) electrons. The molecular weight excluding hydrogens is 264 g/mol. The fraction of sp³-hybridized carbons (Fsp3) is 0.846. The van der Waals surface area contributed by atoms with Crippen LogP contribution in [0.15, 0.2) is 0 Å². The molecule has 2 N–H and O–H groups in total. The number of hydrogen-bond acceptors (Lipinski definition) is 4. The third-order valence-corrected chi connectivity index (χ3v) is 3.55. The molecule has 2 amide bonds. The van der Waals surface area contributed by atoms with Crippen molar-refractivity contribution >= 4 is 24.4 Å². The number of rotatable bonds is 7. The van der Waals surface area contributed by atoms with E-state index in [2.05, 4.69) is 23.3 Å². The average Bonchev–Trinajstić information content (AvgIpc) is 2.41. The van der Waals surface area contributed by atoms with Gasteiger partial charge in [-0.05, 0) is 12.8 Å². The third-order valence-electron chi connectivity index (χ3n) is 3.18. The van der Waals surface area contributed by atoms with E-state index in [0.717, 1.165) is 12.8 Å². The second kappa shape index (κ2) is 9.20. The quantitative estimate of drug-likeness (QED) is 0.481. The van der Waals surface area contributed by atoms with Crippen LogP contribution in [-0.4, -0.2) is 42.9 Å². The first-order valence-electron chi connectivity index (χ1n) is 6.90. The molecule has 1 aliphatic rings. The van der Waals surface area contributed by atoms with Gasteiger partial charge in [0.1, 0.15) is 6.04 Å². The lowest BCUT2D eigenvalue weighted by Gasteiger charge is -2.22. The SMILES string of the molecule is CC(=O)NC(CS)C(=O)NCCOC1CCCCC1. The highest BCUT2D eigenvalue weighted by Gasteiger charge is 2.17. The molecule has 110 valence electrons. The van der Waals surface area contributed by atoms with Gasteiger partial charge in [0, 0.05) is 19.2 Å². The number of amides is 2. The lowest BCUT2D eigenvalue weighted by Crippen LogP contribution is -2.48. The van der Waals surface area contributed by atoms with Gasteiger partial charge in [-0.3, -0.25) is 9.59 Å². The molecule has 1 saturated carbocycles. The molecule has 1 rings (SSSR count). The first kappa shape index (κ1) is 16.3. The van der Waals surface area contributed by atoms with Gasteiger partial charge in [-0.15, -0.1) is 0 Å². The molecule has 19 heavy (non-hydrogen) atoms. The van der Waals surface area contributed by atoms with E-state index in [1.165, 1.54) is 26.2 Å². The molecule has 6 heteroatoms. The van der Waals surface area contributed by atoms with Crippen molar-refractivity contribution in [2.24, 2.45) is 0 Å². The van der Waals surface area contributed by atoms with Crippen molar-refractivity contribution in [1.82, 2.24) is 10.6 Å². The summed E-state index contributed by atoms with van der Waals surface area (Å²) in [6, 6.07) is -0.574. The Labute approximate surface area is 120 Å². The minimum Gasteiger partial charge on any atom is -0.376 e. The van der Waals surface area contributed by atoms with E-state index in [-0.39, 0.29) is 17.6 Å². The lowest BCUT2D eigenvalue weighted by molar-refractivity contribution is -0.127.